The van der Waals surface area contributed by atoms with Gasteiger partial charge in [0.2, 0.25) is 5.91 Å². The van der Waals surface area contributed by atoms with Crippen LogP contribution >= 0.6 is 0 Å². The Labute approximate surface area is 84.2 Å². The lowest BCUT2D eigenvalue weighted by Gasteiger charge is -2.14. The molecule has 1 fully saturated rings. The number of rotatable bonds is 3. The average molecular weight is 220 g/mol. The molecule has 6 heteroatoms. The molecular formula is C8H16N2O3S. The number of likely N-dealkylation sites (tertiary alicyclic amines) is 1. The summed E-state index contributed by atoms with van der Waals surface area (Å²) in [5.41, 5.74) is 5.63. The molecule has 1 aliphatic heterocycles. The van der Waals surface area contributed by atoms with E-state index < -0.39 is 9.84 Å². The van der Waals surface area contributed by atoms with Gasteiger partial charge in [-0.25, -0.2) is 8.42 Å². The molecule has 1 saturated heterocycles. The summed E-state index contributed by atoms with van der Waals surface area (Å²) in [6, 6.07) is 0.0529. The fourth-order valence-electron chi connectivity index (χ4n) is 1.44. The van der Waals surface area contributed by atoms with Crippen LogP contribution in [0.3, 0.4) is 0 Å². The van der Waals surface area contributed by atoms with E-state index in [1.807, 2.05) is 0 Å². The van der Waals surface area contributed by atoms with E-state index in [0.717, 1.165) is 12.7 Å². The van der Waals surface area contributed by atoms with Gasteiger partial charge in [-0.05, 0) is 6.42 Å². The molecule has 1 heterocycles. The maximum absolute atomic E-state index is 11.4. The second-order valence-electron chi connectivity index (χ2n) is 3.77. The summed E-state index contributed by atoms with van der Waals surface area (Å²) in [4.78, 5) is 13.1. The fourth-order valence-corrected chi connectivity index (χ4v) is 1.99. The number of hydrogen-bond acceptors (Lipinski definition) is 4. The molecule has 0 aromatic carbocycles. The Balaban J connectivity index is 2.36. The van der Waals surface area contributed by atoms with Crippen LogP contribution < -0.4 is 5.73 Å². The first-order chi connectivity index (χ1) is 6.38. The highest BCUT2D eigenvalue weighted by Gasteiger charge is 2.23. The predicted octanol–water partition coefficient (Wildman–Crippen LogP) is -1.02. The van der Waals surface area contributed by atoms with E-state index in [1.165, 1.54) is 0 Å². The molecule has 1 amide bonds. The zero-order valence-corrected chi connectivity index (χ0v) is 9.09. The molecule has 1 atom stereocenters. The number of carbonyl (C=O) groups excluding carboxylic acids is 1. The maximum atomic E-state index is 11.4. The van der Waals surface area contributed by atoms with Crippen molar-refractivity contribution >= 4 is 15.7 Å². The Hall–Kier alpha value is -0.620. The van der Waals surface area contributed by atoms with E-state index in [2.05, 4.69) is 0 Å². The van der Waals surface area contributed by atoms with Gasteiger partial charge in [0.25, 0.3) is 0 Å². The normalized spacial score (nSPS) is 22.7. The second kappa shape index (κ2) is 4.27. The third-order valence-electron chi connectivity index (χ3n) is 2.26. The average Bonchev–Trinajstić information content (AvgIpc) is 2.46. The minimum absolute atomic E-state index is 0.0529. The zero-order valence-electron chi connectivity index (χ0n) is 8.27. The van der Waals surface area contributed by atoms with Crippen molar-refractivity contribution < 1.29 is 13.2 Å². The van der Waals surface area contributed by atoms with Crippen LogP contribution in [-0.4, -0.2) is 50.4 Å². The van der Waals surface area contributed by atoms with Crippen molar-refractivity contribution in [1.29, 1.82) is 0 Å². The van der Waals surface area contributed by atoms with Crippen LogP contribution in [0.4, 0.5) is 0 Å². The van der Waals surface area contributed by atoms with Crippen molar-refractivity contribution in [2.24, 2.45) is 5.73 Å². The molecule has 5 nitrogen and oxygen atoms in total. The van der Waals surface area contributed by atoms with E-state index in [0.29, 0.717) is 13.1 Å². The molecule has 0 aliphatic carbocycles. The van der Waals surface area contributed by atoms with Gasteiger partial charge < -0.3 is 10.6 Å². The summed E-state index contributed by atoms with van der Waals surface area (Å²) in [6.07, 6.45) is 2.02. The van der Waals surface area contributed by atoms with Crippen LogP contribution in [0.5, 0.6) is 0 Å². The van der Waals surface area contributed by atoms with Crippen molar-refractivity contribution in [3.8, 4) is 0 Å². The molecule has 0 aromatic heterocycles. The van der Waals surface area contributed by atoms with Gasteiger partial charge in [0, 0.05) is 31.8 Å². The van der Waals surface area contributed by atoms with Crippen LogP contribution in [0, 0.1) is 0 Å². The highest BCUT2D eigenvalue weighted by atomic mass is 32.2. The number of carbonyl (C=O) groups is 1. The van der Waals surface area contributed by atoms with E-state index in [1.54, 1.807) is 4.90 Å². The van der Waals surface area contributed by atoms with E-state index >= 15 is 0 Å². The highest BCUT2D eigenvalue weighted by Crippen LogP contribution is 2.08. The Morgan fingerprint density at radius 2 is 2.21 bits per heavy atom. The molecule has 0 radical (unpaired) electrons. The minimum Gasteiger partial charge on any atom is -0.341 e. The first kappa shape index (κ1) is 11.5. The Bertz CT molecular complexity index is 313. The number of hydrogen-bond donors (Lipinski definition) is 1. The third-order valence-corrected chi connectivity index (χ3v) is 3.21. The van der Waals surface area contributed by atoms with Crippen LogP contribution in [0.25, 0.3) is 0 Å². The number of sulfone groups is 1. The summed E-state index contributed by atoms with van der Waals surface area (Å²) < 4.78 is 21.6. The van der Waals surface area contributed by atoms with E-state index in [4.69, 9.17) is 5.73 Å². The molecule has 1 aliphatic rings. The first-order valence-corrected chi connectivity index (χ1v) is 6.65. The summed E-state index contributed by atoms with van der Waals surface area (Å²) in [5, 5.41) is 0. The van der Waals surface area contributed by atoms with Crippen molar-refractivity contribution in [3.63, 3.8) is 0 Å². The van der Waals surface area contributed by atoms with Crippen LogP contribution in [0.2, 0.25) is 0 Å². The molecular weight excluding hydrogens is 204 g/mol. The molecule has 0 unspecified atom stereocenters. The molecule has 14 heavy (non-hydrogen) atoms. The zero-order chi connectivity index (χ0) is 10.8. The monoisotopic (exact) mass is 220 g/mol. The largest absolute Gasteiger partial charge is 0.341 e. The van der Waals surface area contributed by atoms with Crippen molar-refractivity contribution in [2.45, 2.75) is 18.9 Å². The van der Waals surface area contributed by atoms with Crippen molar-refractivity contribution in [2.75, 3.05) is 25.1 Å². The Morgan fingerprint density at radius 1 is 1.57 bits per heavy atom. The predicted molar refractivity (Wildman–Crippen MR) is 53.5 cm³/mol. The molecule has 2 N–H and O–H groups in total. The summed E-state index contributed by atoms with van der Waals surface area (Å²) in [5.74, 6) is -0.180. The van der Waals surface area contributed by atoms with Crippen LogP contribution in [0.15, 0.2) is 0 Å². The summed E-state index contributed by atoms with van der Waals surface area (Å²) in [6.45, 7) is 1.21. The van der Waals surface area contributed by atoms with Gasteiger partial charge in [-0.15, -0.1) is 0 Å². The van der Waals surface area contributed by atoms with Crippen LogP contribution in [-0.2, 0) is 14.6 Å². The third kappa shape index (κ3) is 3.63. The van der Waals surface area contributed by atoms with Gasteiger partial charge in [0.15, 0.2) is 0 Å². The number of amides is 1. The Kier molecular flexibility index (Phi) is 3.49. The number of nitrogens with zero attached hydrogens (tertiary/aromatic N) is 1. The van der Waals surface area contributed by atoms with Crippen LogP contribution in [0.1, 0.15) is 12.8 Å². The molecule has 0 bridgehead atoms. The summed E-state index contributed by atoms with van der Waals surface area (Å²) >= 11 is 0. The van der Waals surface area contributed by atoms with Gasteiger partial charge in [0.1, 0.15) is 9.84 Å². The van der Waals surface area contributed by atoms with Gasteiger partial charge in [-0.3, -0.25) is 4.79 Å². The topological polar surface area (TPSA) is 80.5 Å². The van der Waals surface area contributed by atoms with Gasteiger partial charge in [-0.1, -0.05) is 0 Å². The molecule has 0 aromatic rings. The molecule has 1 rings (SSSR count). The molecule has 82 valence electrons. The van der Waals surface area contributed by atoms with Gasteiger partial charge in [-0.2, -0.15) is 0 Å². The van der Waals surface area contributed by atoms with Gasteiger partial charge >= 0.3 is 0 Å². The first-order valence-electron chi connectivity index (χ1n) is 4.59. The van der Waals surface area contributed by atoms with Gasteiger partial charge in [0.05, 0.1) is 5.75 Å². The lowest BCUT2D eigenvalue weighted by atomic mass is 10.3. The second-order valence-corrected chi connectivity index (χ2v) is 6.03. The fraction of sp³-hybridized carbons (Fsp3) is 0.875. The minimum atomic E-state index is -3.04. The lowest BCUT2D eigenvalue weighted by molar-refractivity contribution is -0.129. The Morgan fingerprint density at radius 3 is 2.64 bits per heavy atom. The van der Waals surface area contributed by atoms with E-state index in [9.17, 15) is 13.2 Å². The SMILES string of the molecule is CS(=O)(=O)CCC(=O)N1CC[C@@H](N)C1. The maximum Gasteiger partial charge on any atom is 0.223 e. The quantitative estimate of drug-likeness (QED) is 0.660. The lowest BCUT2D eigenvalue weighted by Crippen LogP contribution is -2.32. The highest BCUT2D eigenvalue weighted by molar-refractivity contribution is 7.90. The van der Waals surface area contributed by atoms with E-state index in [-0.39, 0.29) is 24.1 Å². The van der Waals surface area contributed by atoms with Crippen molar-refractivity contribution in [3.05, 3.63) is 0 Å². The van der Waals surface area contributed by atoms with Crippen molar-refractivity contribution in [1.82, 2.24) is 4.90 Å². The number of nitrogens with two attached hydrogens (primary N) is 1. The standard InChI is InChI=1S/C8H16N2O3S/c1-14(12,13)5-3-8(11)10-4-2-7(9)6-10/h7H,2-6,9H2,1H3/t7-/m1/s1. The smallest absolute Gasteiger partial charge is 0.223 e. The summed E-state index contributed by atoms with van der Waals surface area (Å²) in [7, 11) is -3.04. The molecule has 0 spiro atoms. The molecule has 0 saturated carbocycles.